The number of hydroxylamine groups is 2. The van der Waals surface area contributed by atoms with Gasteiger partial charge in [-0.25, -0.2) is 9.59 Å². The summed E-state index contributed by atoms with van der Waals surface area (Å²) in [5.74, 6) is -0.500. The zero-order valence-corrected chi connectivity index (χ0v) is 11.6. The molecule has 1 atom stereocenters. The van der Waals surface area contributed by atoms with Gasteiger partial charge >= 0.3 is 12.0 Å². The van der Waals surface area contributed by atoms with Crippen LogP contribution in [0.25, 0.3) is 0 Å². The molecule has 0 bridgehead atoms. The Hall–Kier alpha value is -3.02. The highest BCUT2D eigenvalue weighted by Gasteiger charge is 2.39. The predicted molar refractivity (Wildman–Crippen MR) is 78.9 cm³/mol. The van der Waals surface area contributed by atoms with E-state index >= 15 is 0 Å². The van der Waals surface area contributed by atoms with Gasteiger partial charge in [0.1, 0.15) is 11.8 Å². The van der Waals surface area contributed by atoms with Gasteiger partial charge in [-0.05, 0) is 18.2 Å². The van der Waals surface area contributed by atoms with Crippen molar-refractivity contribution >= 4 is 17.7 Å². The molecule has 1 saturated heterocycles. The van der Waals surface area contributed by atoms with Crippen LogP contribution in [0.15, 0.2) is 54.6 Å². The minimum absolute atomic E-state index is 0.000215. The molecule has 1 unspecified atom stereocenters. The monoisotopic (exact) mass is 298 g/mol. The summed E-state index contributed by atoms with van der Waals surface area (Å²) in [5, 5.41) is 13.5. The number of para-hydroxylation sites is 2. The number of rotatable bonds is 2. The quantitative estimate of drug-likeness (QED) is 0.893. The normalized spacial score (nSPS) is 17.2. The number of phenolic OH excluding ortho intramolecular Hbond substituents is 1. The second-order valence-electron chi connectivity index (χ2n) is 4.86. The zero-order valence-electron chi connectivity index (χ0n) is 11.6. The Labute approximate surface area is 126 Å². The number of anilines is 1. The first-order valence-electron chi connectivity index (χ1n) is 6.79. The molecular weight excluding hydrogens is 284 g/mol. The number of nitrogens with zero attached hydrogens (tertiary/aromatic N) is 1. The maximum atomic E-state index is 12.3. The van der Waals surface area contributed by atoms with Crippen LogP contribution in [0.5, 0.6) is 5.75 Å². The van der Waals surface area contributed by atoms with Crippen LogP contribution < -0.4 is 5.32 Å². The summed E-state index contributed by atoms with van der Waals surface area (Å²) < 4.78 is 0. The SMILES string of the molecule is O=C1CC(c2ccccc2O)N(C(=O)Nc2ccccc2)O1. The Morgan fingerprint density at radius 2 is 1.82 bits per heavy atom. The minimum atomic E-state index is -0.655. The lowest BCUT2D eigenvalue weighted by Crippen LogP contribution is -2.33. The second kappa shape index (κ2) is 5.77. The summed E-state index contributed by atoms with van der Waals surface area (Å²) in [5.41, 5.74) is 1.06. The van der Waals surface area contributed by atoms with Gasteiger partial charge in [0.05, 0.1) is 6.42 Å². The second-order valence-corrected chi connectivity index (χ2v) is 4.86. The zero-order chi connectivity index (χ0) is 15.5. The van der Waals surface area contributed by atoms with E-state index in [0.717, 1.165) is 5.06 Å². The fourth-order valence-electron chi connectivity index (χ4n) is 2.34. The molecule has 22 heavy (non-hydrogen) atoms. The van der Waals surface area contributed by atoms with Crippen molar-refractivity contribution in [3.8, 4) is 5.75 Å². The summed E-state index contributed by atoms with van der Waals surface area (Å²) in [6.07, 6.45) is -0.000215. The van der Waals surface area contributed by atoms with Crippen LogP contribution in [-0.2, 0) is 9.63 Å². The number of carbonyl (C=O) groups excluding carboxylic acids is 2. The lowest BCUT2D eigenvalue weighted by atomic mass is 10.0. The lowest BCUT2D eigenvalue weighted by molar-refractivity contribution is -0.162. The molecule has 1 fully saturated rings. The number of phenols is 1. The van der Waals surface area contributed by atoms with Crippen LogP contribution in [0.3, 0.4) is 0 Å². The number of nitrogens with one attached hydrogen (secondary N) is 1. The number of hydrogen-bond donors (Lipinski definition) is 2. The predicted octanol–water partition coefficient (Wildman–Crippen LogP) is 2.83. The van der Waals surface area contributed by atoms with Crippen molar-refractivity contribution in [2.45, 2.75) is 12.5 Å². The summed E-state index contributed by atoms with van der Waals surface area (Å²) >= 11 is 0. The highest BCUT2D eigenvalue weighted by Crippen LogP contribution is 2.36. The molecule has 3 rings (SSSR count). The van der Waals surface area contributed by atoms with Gasteiger partial charge in [0, 0.05) is 11.3 Å². The van der Waals surface area contributed by atoms with E-state index in [0.29, 0.717) is 11.3 Å². The van der Waals surface area contributed by atoms with Crippen molar-refractivity contribution in [3.05, 3.63) is 60.2 Å². The number of hydrogen-bond acceptors (Lipinski definition) is 4. The molecule has 1 aliphatic heterocycles. The summed E-state index contributed by atoms with van der Waals surface area (Å²) in [4.78, 5) is 28.9. The molecule has 6 heteroatoms. The molecule has 6 nitrogen and oxygen atoms in total. The van der Waals surface area contributed by atoms with Gasteiger partial charge in [0.25, 0.3) is 0 Å². The van der Waals surface area contributed by atoms with Crippen LogP contribution in [0.2, 0.25) is 0 Å². The van der Waals surface area contributed by atoms with E-state index in [4.69, 9.17) is 4.84 Å². The summed E-state index contributed by atoms with van der Waals surface area (Å²) in [7, 11) is 0. The van der Waals surface area contributed by atoms with Gasteiger partial charge in [-0.15, -0.1) is 5.06 Å². The molecule has 0 saturated carbocycles. The molecule has 2 aromatic rings. The van der Waals surface area contributed by atoms with Crippen LogP contribution >= 0.6 is 0 Å². The van der Waals surface area contributed by atoms with E-state index in [1.807, 2.05) is 6.07 Å². The minimum Gasteiger partial charge on any atom is -0.508 e. The molecule has 1 aliphatic rings. The Bertz CT molecular complexity index is 702. The summed E-state index contributed by atoms with van der Waals surface area (Å²) in [6, 6.07) is 14.2. The maximum Gasteiger partial charge on any atom is 0.355 e. The molecule has 1 heterocycles. The topological polar surface area (TPSA) is 78.9 Å². The first-order chi connectivity index (χ1) is 10.6. The fourth-order valence-corrected chi connectivity index (χ4v) is 2.34. The van der Waals surface area contributed by atoms with Gasteiger partial charge < -0.3 is 15.3 Å². The van der Waals surface area contributed by atoms with E-state index < -0.39 is 18.0 Å². The van der Waals surface area contributed by atoms with E-state index in [2.05, 4.69) is 5.32 Å². The first-order valence-corrected chi connectivity index (χ1v) is 6.79. The Morgan fingerprint density at radius 1 is 1.14 bits per heavy atom. The molecule has 0 aromatic heterocycles. The molecule has 2 aromatic carbocycles. The van der Waals surface area contributed by atoms with Gasteiger partial charge in [-0.1, -0.05) is 36.4 Å². The smallest absolute Gasteiger partial charge is 0.355 e. The van der Waals surface area contributed by atoms with Gasteiger partial charge in [0.15, 0.2) is 0 Å². The van der Waals surface area contributed by atoms with Crippen molar-refractivity contribution in [1.82, 2.24) is 5.06 Å². The molecule has 0 aliphatic carbocycles. The number of aromatic hydroxyl groups is 1. The summed E-state index contributed by atoms with van der Waals surface area (Å²) in [6.45, 7) is 0. The third kappa shape index (κ3) is 2.71. The van der Waals surface area contributed by atoms with E-state index in [1.165, 1.54) is 6.07 Å². The van der Waals surface area contributed by atoms with Crippen molar-refractivity contribution in [2.24, 2.45) is 0 Å². The van der Waals surface area contributed by atoms with E-state index in [1.54, 1.807) is 42.5 Å². The average molecular weight is 298 g/mol. The van der Waals surface area contributed by atoms with Gasteiger partial charge in [-0.3, -0.25) is 0 Å². The standard InChI is InChI=1S/C16H14N2O4/c19-14-9-5-4-8-12(14)13-10-15(20)22-18(13)16(21)17-11-6-2-1-3-7-11/h1-9,13,19H,10H2,(H,17,21). The number of carbonyl (C=O) groups is 2. The average Bonchev–Trinajstić information content (AvgIpc) is 2.90. The molecule has 0 radical (unpaired) electrons. The fraction of sp³-hybridized carbons (Fsp3) is 0.125. The largest absolute Gasteiger partial charge is 0.508 e. The molecule has 2 amide bonds. The Morgan fingerprint density at radius 3 is 2.55 bits per heavy atom. The lowest BCUT2D eigenvalue weighted by Gasteiger charge is -2.22. The maximum absolute atomic E-state index is 12.3. The first kappa shape index (κ1) is 13.9. The molecular formula is C16H14N2O4. The van der Waals surface area contributed by atoms with Crippen molar-refractivity contribution < 1.29 is 19.5 Å². The number of amides is 2. The van der Waals surface area contributed by atoms with Gasteiger partial charge in [0.2, 0.25) is 0 Å². The van der Waals surface area contributed by atoms with Crippen LogP contribution in [0, 0.1) is 0 Å². The Balaban J connectivity index is 1.83. The number of urea groups is 1. The highest BCUT2D eigenvalue weighted by atomic mass is 16.7. The third-order valence-corrected chi connectivity index (χ3v) is 3.36. The molecule has 2 N–H and O–H groups in total. The molecule has 112 valence electrons. The van der Waals surface area contributed by atoms with E-state index in [9.17, 15) is 14.7 Å². The van der Waals surface area contributed by atoms with E-state index in [-0.39, 0.29) is 12.2 Å². The highest BCUT2D eigenvalue weighted by molar-refractivity contribution is 5.91. The molecule has 0 spiro atoms. The van der Waals surface area contributed by atoms with Crippen molar-refractivity contribution in [3.63, 3.8) is 0 Å². The Kier molecular flexibility index (Phi) is 3.65. The van der Waals surface area contributed by atoms with Gasteiger partial charge in [-0.2, -0.15) is 0 Å². The van der Waals surface area contributed by atoms with Crippen LogP contribution in [0.1, 0.15) is 18.0 Å². The third-order valence-electron chi connectivity index (χ3n) is 3.36. The van der Waals surface area contributed by atoms with Crippen LogP contribution in [-0.4, -0.2) is 22.2 Å². The van der Waals surface area contributed by atoms with Crippen LogP contribution in [0.4, 0.5) is 10.5 Å². The number of benzene rings is 2. The van der Waals surface area contributed by atoms with Crippen molar-refractivity contribution in [1.29, 1.82) is 0 Å². The van der Waals surface area contributed by atoms with Crippen molar-refractivity contribution in [2.75, 3.05) is 5.32 Å².